The van der Waals surface area contributed by atoms with Crippen LogP contribution in [-0.4, -0.2) is 45.7 Å². The summed E-state index contributed by atoms with van der Waals surface area (Å²) in [4.78, 5) is 23.2. The maximum atomic E-state index is 13.0. The van der Waals surface area contributed by atoms with Gasteiger partial charge in [-0.05, 0) is 52.7 Å². The van der Waals surface area contributed by atoms with Crippen LogP contribution in [-0.2, 0) is 31.4 Å². The molecule has 2 aromatic carbocycles. The predicted molar refractivity (Wildman–Crippen MR) is 215 cm³/mol. The first kappa shape index (κ1) is 47.3. The van der Waals surface area contributed by atoms with Crippen molar-refractivity contribution in [1.29, 1.82) is 0 Å². The van der Waals surface area contributed by atoms with E-state index in [0.717, 1.165) is 23.3 Å². The average molecular weight is 877 g/mol. The molecule has 0 aliphatic carbocycles. The van der Waals surface area contributed by atoms with Crippen LogP contribution in [0.3, 0.4) is 0 Å². The molecule has 0 atom stereocenters. The minimum atomic E-state index is -4.73. The number of hydrogen-bond acceptors (Lipinski definition) is 10. The Morgan fingerprint density at radius 3 is 1.52 bits per heavy atom. The molecule has 0 amide bonds. The van der Waals surface area contributed by atoms with E-state index in [1.54, 1.807) is 12.1 Å². The highest BCUT2D eigenvalue weighted by atomic mass is 19.4. The van der Waals surface area contributed by atoms with Gasteiger partial charge in [0.05, 0.1) is 13.2 Å². The van der Waals surface area contributed by atoms with E-state index >= 15 is 0 Å². The number of hydrogen-bond donors (Lipinski definition) is 2. The number of carboxylic acid groups (broad SMARTS) is 1. The van der Waals surface area contributed by atoms with Crippen molar-refractivity contribution >= 4 is 23.5 Å². The van der Waals surface area contributed by atoms with Crippen LogP contribution in [0.15, 0.2) is 68.7 Å². The summed E-state index contributed by atoms with van der Waals surface area (Å²) >= 11 is 0. The van der Waals surface area contributed by atoms with Crippen LogP contribution in [0.25, 0.3) is 34.0 Å². The lowest BCUT2D eigenvalue weighted by molar-refractivity contribution is -0.156. The smallest absolute Gasteiger partial charge is 0.452 e. The fraction of sp³-hybridized carbons (Fsp3) is 0.467. The summed E-state index contributed by atoms with van der Waals surface area (Å²) in [5.74, 6) is -3.16. The van der Waals surface area contributed by atoms with Crippen molar-refractivity contribution < 1.29 is 69.4 Å². The second kappa shape index (κ2) is 16.9. The van der Waals surface area contributed by atoms with E-state index in [0.29, 0.717) is 35.9 Å². The van der Waals surface area contributed by atoms with E-state index in [1.165, 1.54) is 24.3 Å². The fourth-order valence-corrected chi connectivity index (χ4v) is 8.05. The van der Waals surface area contributed by atoms with Crippen LogP contribution in [0, 0.1) is 21.7 Å². The number of halogens is 6. The number of esters is 1. The molecule has 0 radical (unpaired) electrons. The summed E-state index contributed by atoms with van der Waals surface area (Å²) in [7, 11) is 0. The number of ether oxygens (including phenoxy) is 3. The van der Waals surface area contributed by atoms with Crippen molar-refractivity contribution in [3.05, 3.63) is 82.3 Å². The molecule has 0 bridgehead atoms. The number of carboxylic acids is 1. The van der Waals surface area contributed by atoms with Gasteiger partial charge in [-0.3, -0.25) is 9.59 Å². The van der Waals surface area contributed by atoms with Gasteiger partial charge in [0.15, 0.2) is 0 Å². The van der Waals surface area contributed by atoms with Gasteiger partial charge >= 0.3 is 24.3 Å². The van der Waals surface area contributed by atoms with Gasteiger partial charge in [-0.1, -0.05) is 91.7 Å². The Morgan fingerprint density at radius 2 is 1.11 bits per heavy atom. The van der Waals surface area contributed by atoms with E-state index in [2.05, 4.69) is 88.6 Å². The number of carbonyl (C=O) groups is 2. The lowest BCUT2D eigenvalue weighted by atomic mass is 9.71. The molecule has 11 nitrogen and oxygen atoms in total. The highest BCUT2D eigenvalue weighted by molar-refractivity contribution is 5.80. The molecule has 0 fully saturated rings. The molecule has 2 aromatic heterocycles. The minimum absolute atomic E-state index is 0.0288. The lowest BCUT2D eigenvalue weighted by Crippen LogP contribution is -2.24. The Labute approximate surface area is 354 Å². The second-order valence-corrected chi connectivity index (χ2v) is 18.6. The number of aliphatic carboxylic acids is 1. The number of nitrogens with zero attached hydrogens (tertiary/aromatic N) is 2. The number of phenols is 1. The Morgan fingerprint density at radius 1 is 0.677 bits per heavy atom. The van der Waals surface area contributed by atoms with Crippen molar-refractivity contribution in [2.24, 2.45) is 21.7 Å². The molecule has 0 saturated heterocycles. The quantitative estimate of drug-likeness (QED) is 0.0938. The number of rotatable bonds is 9. The normalized spacial score (nSPS) is 16.5. The van der Waals surface area contributed by atoms with Crippen molar-refractivity contribution in [2.75, 3.05) is 13.2 Å². The highest BCUT2D eigenvalue weighted by Gasteiger charge is 2.43. The van der Waals surface area contributed by atoms with Crippen LogP contribution >= 0.6 is 0 Å². The number of aromatic hydroxyl groups is 1. The first-order valence-electron chi connectivity index (χ1n) is 19.6. The van der Waals surface area contributed by atoms with Crippen LogP contribution < -0.4 is 4.74 Å². The van der Waals surface area contributed by atoms with Crippen LogP contribution in [0.5, 0.6) is 11.5 Å². The van der Waals surface area contributed by atoms with Gasteiger partial charge in [0, 0.05) is 58.1 Å². The molecule has 0 saturated carbocycles. The van der Waals surface area contributed by atoms with Gasteiger partial charge in [-0.25, -0.2) is 0 Å². The zero-order valence-electron chi connectivity index (χ0n) is 36.1. The summed E-state index contributed by atoms with van der Waals surface area (Å²) in [6.07, 6.45) is -9.69. The molecule has 2 N–H and O–H groups in total. The maximum Gasteiger partial charge on any atom is 0.452 e. The highest BCUT2D eigenvalue weighted by Crippen LogP contribution is 2.52. The first-order chi connectivity index (χ1) is 28.4. The van der Waals surface area contributed by atoms with Gasteiger partial charge < -0.3 is 33.5 Å². The number of phenolic OH excluding ortho intramolecular Hbond substituents is 1. The van der Waals surface area contributed by atoms with E-state index < -0.39 is 35.8 Å². The summed E-state index contributed by atoms with van der Waals surface area (Å²) in [6, 6.07) is 10.9. The topological polar surface area (TPSA) is 154 Å². The lowest BCUT2D eigenvalue weighted by Gasteiger charge is -2.31. The third kappa shape index (κ3) is 10.6. The molecule has 2 aliphatic rings. The Balaban J connectivity index is 0.000000242. The van der Waals surface area contributed by atoms with Gasteiger partial charge in [-0.15, -0.1) is 0 Å². The molecular formula is C45H50F6N2O9. The van der Waals surface area contributed by atoms with Crippen molar-refractivity contribution in [3.8, 4) is 34.0 Å². The van der Waals surface area contributed by atoms with E-state index in [9.17, 15) is 41.0 Å². The molecule has 0 spiro atoms. The Kier molecular flexibility index (Phi) is 12.9. The van der Waals surface area contributed by atoms with Crippen molar-refractivity contribution in [3.63, 3.8) is 0 Å². The zero-order chi connectivity index (χ0) is 46.4. The number of benzene rings is 2. The van der Waals surface area contributed by atoms with E-state index in [4.69, 9.17) is 19.3 Å². The average Bonchev–Trinajstić information content (AvgIpc) is 3.92. The second-order valence-electron chi connectivity index (χ2n) is 18.6. The minimum Gasteiger partial charge on any atom is -0.507 e. The van der Waals surface area contributed by atoms with Gasteiger partial charge in [-0.2, -0.15) is 26.3 Å². The Hall–Kier alpha value is -5.74. The van der Waals surface area contributed by atoms with Crippen LogP contribution in [0.4, 0.5) is 26.3 Å². The van der Waals surface area contributed by atoms with E-state index in [1.807, 2.05) is 0 Å². The summed E-state index contributed by atoms with van der Waals surface area (Å²) in [6.45, 7) is 21.8. The van der Waals surface area contributed by atoms with Gasteiger partial charge in [0.1, 0.15) is 34.4 Å². The molecule has 2 aliphatic heterocycles. The van der Waals surface area contributed by atoms with E-state index in [-0.39, 0.29) is 74.9 Å². The molecule has 4 aromatic rings. The first-order valence-corrected chi connectivity index (χ1v) is 19.6. The molecule has 17 heteroatoms. The molecule has 4 heterocycles. The third-order valence-electron chi connectivity index (χ3n) is 10.1. The fourth-order valence-electron chi connectivity index (χ4n) is 8.05. The molecule has 62 heavy (non-hydrogen) atoms. The van der Waals surface area contributed by atoms with Crippen molar-refractivity contribution in [2.45, 2.75) is 101 Å². The number of alkyl halides is 6. The summed E-state index contributed by atoms with van der Waals surface area (Å²) in [5, 5.41) is 26.1. The molecule has 0 unspecified atom stereocenters. The predicted octanol–water partition coefficient (Wildman–Crippen LogP) is 12.2. The molecular weight excluding hydrogens is 826 g/mol. The monoisotopic (exact) mass is 876 g/mol. The van der Waals surface area contributed by atoms with Crippen LogP contribution in [0.2, 0.25) is 0 Å². The largest absolute Gasteiger partial charge is 0.507 e. The third-order valence-corrected chi connectivity index (χ3v) is 10.1. The van der Waals surface area contributed by atoms with Crippen LogP contribution in [0.1, 0.15) is 111 Å². The Bertz CT molecular complexity index is 2390. The SMILES string of the molecule is CC(C)(C)C1=C(c2ccc(-c3cc(C(F)(F)F)on3)c(O)c2)OCC1(C)C.CC(C)(C)C1=C(c2ccc(-c3cc(C(F)(F)F)on3)c(OC(=O)CCCC(=O)O)c2)OCC1(C)C. The number of carbonyl (C=O) groups excluding carboxylic acids is 1. The van der Waals surface area contributed by atoms with Crippen molar-refractivity contribution in [1.82, 2.24) is 10.3 Å². The maximum absolute atomic E-state index is 13.0. The summed E-state index contributed by atoms with van der Waals surface area (Å²) < 4.78 is 103. The standard InChI is InChI=1S/C25H28F3NO6.C20H22F3NO3/c1-23(2,3)22-21(33-13-24(22,4)5)14-9-10-15(16-12-18(35-29-16)25(26,27)28)17(11-14)34-20(32)8-6-7-19(30)31;1-18(2,3)17-16(26-10-19(17,4)5)11-6-7-12(14(25)8-11)13-9-15(27-24-13)20(21,22)23/h9-12H,6-8,13H2,1-5H3,(H,30,31);6-9,25H,10H2,1-5H3. The molecule has 336 valence electrons. The van der Waals surface area contributed by atoms with Gasteiger partial charge in [0.2, 0.25) is 11.5 Å². The van der Waals surface area contributed by atoms with Gasteiger partial charge in [0.25, 0.3) is 0 Å². The number of aromatic nitrogens is 2. The zero-order valence-corrected chi connectivity index (χ0v) is 36.1. The molecule has 6 rings (SSSR count). The summed E-state index contributed by atoms with van der Waals surface area (Å²) in [5.41, 5.74) is 2.70.